The van der Waals surface area contributed by atoms with Gasteiger partial charge >= 0.3 is 0 Å². The molecule has 0 spiro atoms. The van der Waals surface area contributed by atoms with Crippen LogP contribution in [-0.4, -0.2) is 61.8 Å². The molecular formula is C21H37IN4O2. The molecule has 0 saturated carbocycles. The van der Waals surface area contributed by atoms with Crippen molar-refractivity contribution in [3.8, 4) is 5.75 Å². The summed E-state index contributed by atoms with van der Waals surface area (Å²) in [7, 11) is 2.18. The van der Waals surface area contributed by atoms with E-state index in [0.29, 0.717) is 12.5 Å². The molecule has 1 aliphatic heterocycles. The van der Waals surface area contributed by atoms with E-state index in [9.17, 15) is 5.11 Å². The number of aliphatic hydroxyl groups excluding tert-OH is 1. The van der Waals surface area contributed by atoms with Crippen molar-refractivity contribution in [3.05, 3.63) is 29.8 Å². The maximum atomic E-state index is 10.5. The highest BCUT2D eigenvalue weighted by atomic mass is 127. The van der Waals surface area contributed by atoms with Gasteiger partial charge in [-0.05, 0) is 70.8 Å². The normalized spacial score (nSPS) is 19.1. The first-order valence-electron chi connectivity index (χ1n) is 10.1. The molecule has 0 aliphatic carbocycles. The van der Waals surface area contributed by atoms with Crippen LogP contribution in [0.2, 0.25) is 0 Å². The third-order valence-corrected chi connectivity index (χ3v) is 4.68. The number of guanidine groups is 1. The second-order valence-corrected chi connectivity index (χ2v) is 7.62. The number of likely N-dealkylation sites (tertiary alicyclic amines) is 1. The zero-order chi connectivity index (χ0) is 19.6. The summed E-state index contributed by atoms with van der Waals surface area (Å²) in [5.41, 5.74) is 0.847. The molecule has 1 heterocycles. The number of nitrogens with one attached hydrogen (secondary N) is 2. The van der Waals surface area contributed by atoms with Crippen LogP contribution in [0.5, 0.6) is 5.75 Å². The first-order chi connectivity index (χ1) is 13.0. The minimum Gasteiger partial charge on any atom is -0.491 e. The lowest BCUT2D eigenvalue weighted by Crippen LogP contribution is -2.43. The van der Waals surface area contributed by atoms with Gasteiger partial charge in [0.1, 0.15) is 5.75 Å². The van der Waals surface area contributed by atoms with Gasteiger partial charge in [0.25, 0.3) is 0 Å². The molecule has 3 N–H and O–H groups in total. The van der Waals surface area contributed by atoms with Crippen molar-refractivity contribution in [1.29, 1.82) is 0 Å². The first-order valence-corrected chi connectivity index (χ1v) is 10.1. The van der Waals surface area contributed by atoms with E-state index in [-0.39, 0.29) is 30.1 Å². The van der Waals surface area contributed by atoms with Gasteiger partial charge in [0.2, 0.25) is 0 Å². The van der Waals surface area contributed by atoms with Crippen molar-refractivity contribution < 1.29 is 9.84 Å². The summed E-state index contributed by atoms with van der Waals surface area (Å²) in [5.74, 6) is 2.23. The van der Waals surface area contributed by atoms with Crippen molar-refractivity contribution >= 4 is 29.9 Å². The molecule has 7 heteroatoms. The molecular weight excluding hydrogens is 467 g/mol. The summed E-state index contributed by atoms with van der Waals surface area (Å²) < 4.78 is 5.64. The summed E-state index contributed by atoms with van der Waals surface area (Å²) >= 11 is 0. The lowest BCUT2D eigenvalue weighted by molar-refractivity contribution is 0.186. The molecule has 6 nitrogen and oxygen atoms in total. The highest BCUT2D eigenvalue weighted by Gasteiger charge is 2.17. The second-order valence-electron chi connectivity index (χ2n) is 7.62. The molecule has 2 unspecified atom stereocenters. The van der Waals surface area contributed by atoms with Gasteiger partial charge in [-0.15, -0.1) is 24.0 Å². The standard InChI is InChI=1S/C21H36N4O2.HI/c1-5-22-21(23-13-17-7-6-12-25(4)15-17)24-14-20(26)18-8-10-19(11-9-18)27-16(2)3;/h8-11,16-17,20,26H,5-7,12-15H2,1-4H3,(H2,22,23,24);1H. The van der Waals surface area contributed by atoms with E-state index in [1.807, 2.05) is 38.1 Å². The largest absolute Gasteiger partial charge is 0.491 e. The van der Waals surface area contributed by atoms with Crippen LogP contribution in [0, 0.1) is 5.92 Å². The number of rotatable bonds is 8. The fourth-order valence-electron chi connectivity index (χ4n) is 3.35. The number of halogens is 1. The van der Waals surface area contributed by atoms with Gasteiger partial charge < -0.3 is 25.4 Å². The predicted octanol–water partition coefficient (Wildman–Crippen LogP) is 3.02. The lowest BCUT2D eigenvalue weighted by Gasteiger charge is -2.30. The number of ether oxygens (including phenoxy) is 1. The molecule has 1 aliphatic rings. The van der Waals surface area contributed by atoms with E-state index in [0.717, 1.165) is 36.9 Å². The van der Waals surface area contributed by atoms with Gasteiger partial charge in [0.15, 0.2) is 5.96 Å². The third-order valence-electron chi connectivity index (χ3n) is 4.68. The monoisotopic (exact) mass is 504 g/mol. The van der Waals surface area contributed by atoms with Crippen molar-refractivity contribution in [3.63, 3.8) is 0 Å². The Hall–Kier alpha value is -1.06. The Morgan fingerprint density at radius 3 is 2.61 bits per heavy atom. The van der Waals surface area contributed by atoms with E-state index < -0.39 is 6.10 Å². The quantitative estimate of drug-likeness (QED) is 0.289. The Kier molecular flexibility index (Phi) is 11.8. The minimum absolute atomic E-state index is 0. The Bertz CT molecular complexity index is 580. The number of nitrogens with zero attached hydrogens (tertiary/aromatic N) is 2. The zero-order valence-corrected chi connectivity index (χ0v) is 20.0. The van der Waals surface area contributed by atoms with Crippen LogP contribution in [0.3, 0.4) is 0 Å². The van der Waals surface area contributed by atoms with Gasteiger partial charge in [-0.1, -0.05) is 12.1 Å². The highest BCUT2D eigenvalue weighted by molar-refractivity contribution is 14.0. The highest BCUT2D eigenvalue weighted by Crippen LogP contribution is 2.19. The molecule has 0 aromatic heterocycles. The Labute approximate surface area is 187 Å². The smallest absolute Gasteiger partial charge is 0.191 e. The number of aliphatic hydroxyl groups is 1. The molecule has 2 atom stereocenters. The number of hydrogen-bond donors (Lipinski definition) is 3. The average Bonchev–Trinajstić information content (AvgIpc) is 2.64. The van der Waals surface area contributed by atoms with Crippen LogP contribution < -0.4 is 15.4 Å². The third kappa shape index (κ3) is 8.96. The number of aliphatic imine (C=N–C) groups is 1. The van der Waals surface area contributed by atoms with Gasteiger partial charge in [-0.25, -0.2) is 0 Å². The molecule has 0 radical (unpaired) electrons. The molecule has 1 aromatic rings. The van der Waals surface area contributed by atoms with Crippen LogP contribution in [0.15, 0.2) is 29.3 Å². The predicted molar refractivity (Wildman–Crippen MR) is 127 cm³/mol. The van der Waals surface area contributed by atoms with Crippen molar-refractivity contribution in [2.24, 2.45) is 10.9 Å². The fourth-order valence-corrected chi connectivity index (χ4v) is 3.35. The van der Waals surface area contributed by atoms with E-state index >= 15 is 0 Å². The van der Waals surface area contributed by atoms with E-state index in [4.69, 9.17) is 4.74 Å². The average molecular weight is 504 g/mol. The van der Waals surface area contributed by atoms with Crippen molar-refractivity contribution in [1.82, 2.24) is 15.5 Å². The molecule has 1 aromatic carbocycles. The maximum absolute atomic E-state index is 10.5. The van der Waals surface area contributed by atoms with Crippen molar-refractivity contribution in [2.75, 3.05) is 39.8 Å². The summed E-state index contributed by atoms with van der Waals surface area (Å²) in [4.78, 5) is 6.95. The van der Waals surface area contributed by atoms with Gasteiger partial charge in [-0.3, -0.25) is 4.99 Å². The second kappa shape index (κ2) is 13.2. The van der Waals surface area contributed by atoms with Crippen LogP contribution in [0.4, 0.5) is 0 Å². The summed E-state index contributed by atoms with van der Waals surface area (Å²) in [5, 5.41) is 17.1. The van der Waals surface area contributed by atoms with Crippen LogP contribution in [0.1, 0.15) is 45.3 Å². The minimum atomic E-state index is -0.630. The van der Waals surface area contributed by atoms with Crippen LogP contribution in [-0.2, 0) is 0 Å². The topological polar surface area (TPSA) is 69.1 Å². The van der Waals surface area contributed by atoms with Crippen LogP contribution >= 0.6 is 24.0 Å². The number of piperidine rings is 1. The Balaban J connectivity index is 0.00000392. The van der Waals surface area contributed by atoms with E-state index in [1.54, 1.807) is 0 Å². The Morgan fingerprint density at radius 2 is 2.00 bits per heavy atom. The number of hydrogen-bond acceptors (Lipinski definition) is 4. The molecule has 2 rings (SSSR count). The van der Waals surface area contributed by atoms with E-state index in [2.05, 4.69) is 34.5 Å². The first kappa shape index (κ1) is 25.0. The summed E-state index contributed by atoms with van der Waals surface area (Å²) in [6.07, 6.45) is 2.02. The Morgan fingerprint density at radius 1 is 1.29 bits per heavy atom. The summed E-state index contributed by atoms with van der Waals surface area (Å²) in [6, 6.07) is 7.59. The van der Waals surface area contributed by atoms with E-state index in [1.165, 1.54) is 19.4 Å². The van der Waals surface area contributed by atoms with Gasteiger partial charge in [-0.2, -0.15) is 0 Å². The fraction of sp³-hybridized carbons (Fsp3) is 0.667. The zero-order valence-electron chi connectivity index (χ0n) is 17.6. The van der Waals surface area contributed by atoms with Crippen molar-refractivity contribution in [2.45, 2.75) is 45.8 Å². The lowest BCUT2D eigenvalue weighted by atomic mass is 9.99. The van der Waals surface area contributed by atoms with Gasteiger partial charge in [0, 0.05) is 19.6 Å². The molecule has 160 valence electrons. The summed E-state index contributed by atoms with van der Waals surface area (Å²) in [6.45, 7) is 10.4. The van der Waals surface area contributed by atoms with Gasteiger partial charge in [0.05, 0.1) is 18.8 Å². The van der Waals surface area contributed by atoms with Crippen LogP contribution in [0.25, 0.3) is 0 Å². The molecule has 1 fully saturated rings. The molecule has 1 saturated heterocycles. The number of benzene rings is 1. The molecule has 0 amide bonds. The SMILES string of the molecule is CCNC(=NCC(O)c1ccc(OC(C)C)cc1)NCC1CCCN(C)C1.I. The maximum Gasteiger partial charge on any atom is 0.191 e. The molecule has 28 heavy (non-hydrogen) atoms. The molecule has 0 bridgehead atoms.